The molecule has 0 bridgehead atoms. The van der Waals surface area contributed by atoms with Crippen LogP contribution in [0.5, 0.6) is 0 Å². The number of anilines is 1. The molecule has 2 aromatic heterocycles. The lowest BCUT2D eigenvalue weighted by molar-refractivity contribution is -0.122. The van der Waals surface area contributed by atoms with Crippen molar-refractivity contribution in [3.8, 4) is 0 Å². The maximum Gasteiger partial charge on any atom is 0.288 e. The number of aryl methyl sites for hydroxylation is 2. The van der Waals surface area contributed by atoms with Gasteiger partial charge < -0.3 is 15.2 Å². The molecule has 0 saturated heterocycles. The number of halogens is 1. The number of rotatable bonds is 11. The van der Waals surface area contributed by atoms with E-state index in [2.05, 4.69) is 26.0 Å². The van der Waals surface area contributed by atoms with Gasteiger partial charge in [-0.05, 0) is 43.0 Å². The third-order valence-corrected chi connectivity index (χ3v) is 6.10. The second-order valence-corrected chi connectivity index (χ2v) is 9.12. The van der Waals surface area contributed by atoms with Gasteiger partial charge in [-0.3, -0.25) is 24.4 Å². The quantitative estimate of drug-likeness (QED) is 0.377. The number of benzene rings is 1. The number of nitrogens with one attached hydrogen (secondary N) is 2. The smallest absolute Gasteiger partial charge is 0.288 e. The largest absolute Gasteiger partial charge is 0.350 e. The van der Waals surface area contributed by atoms with Crippen molar-refractivity contribution in [1.29, 1.82) is 0 Å². The summed E-state index contributed by atoms with van der Waals surface area (Å²) in [5.74, 6) is -1.58. The number of amides is 2. The van der Waals surface area contributed by atoms with Crippen molar-refractivity contribution < 1.29 is 14.0 Å². The Morgan fingerprint density at radius 2 is 1.84 bits per heavy atom. The molecular formula is C27H30FN7O3. The first-order chi connectivity index (χ1) is 18.4. The molecule has 2 amide bonds. The Hall–Kier alpha value is -4.41. The molecule has 0 radical (unpaired) electrons. The summed E-state index contributed by atoms with van der Waals surface area (Å²) in [6.45, 7) is 3.52. The van der Waals surface area contributed by atoms with E-state index in [1.165, 1.54) is 16.8 Å². The first-order valence-electron chi connectivity index (χ1n) is 12.5. The monoisotopic (exact) mass is 519 g/mol. The van der Waals surface area contributed by atoms with E-state index < -0.39 is 23.3 Å². The molecule has 3 heterocycles. The third-order valence-electron chi connectivity index (χ3n) is 6.10. The van der Waals surface area contributed by atoms with Gasteiger partial charge in [-0.15, -0.1) is 0 Å². The van der Waals surface area contributed by atoms with Crippen LogP contribution < -0.4 is 16.2 Å². The third kappa shape index (κ3) is 7.31. The highest BCUT2D eigenvalue weighted by atomic mass is 19.1. The highest BCUT2D eigenvalue weighted by Crippen LogP contribution is 2.13. The van der Waals surface area contributed by atoms with E-state index in [0.29, 0.717) is 39.0 Å². The number of hydrogen-bond donors (Lipinski definition) is 2. The predicted molar refractivity (Wildman–Crippen MR) is 140 cm³/mol. The Morgan fingerprint density at radius 3 is 2.61 bits per heavy atom. The fraction of sp³-hybridized carbons (Fsp3) is 0.333. The molecule has 1 atom stereocenters. The molecule has 1 aliphatic rings. The number of carbonyl (C=O) groups is 2. The molecule has 11 heteroatoms. The normalized spacial score (nSPS) is 14.5. The highest BCUT2D eigenvalue weighted by Gasteiger charge is 2.25. The number of hydrogen-bond acceptors (Lipinski definition) is 7. The molecule has 10 nitrogen and oxygen atoms in total. The Kier molecular flexibility index (Phi) is 8.91. The summed E-state index contributed by atoms with van der Waals surface area (Å²) < 4.78 is 15.9. The molecule has 0 saturated carbocycles. The molecule has 0 aliphatic carbocycles. The van der Waals surface area contributed by atoms with Crippen LogP contribution in [-0.2, 0) is 29.1 Å². The molecule has 2 N–H and O–H groups in total. The van der Waals surface area contributed by atoms with Crippen molar-refractivity contribution in [3.05, 3.63) is 93.9 Å². The number of nitrogens with zero attached hydrogens (tertiary/aromatic N) is 5. The molecule has 38 heavy (non-hydrogen) atoms. The summed E-state index contributed by atoms with van der Waals surface area (Å²) in [6.07, 6.45) is 4.56. The fourth-order valence-corrected chi connectivity index (χ4v) is 3.96. The highest BCUT2D eigenvalue weighted by molar-refractivity contribution is 5.92. The van der Waals surface area contributed by atoms with Gasteiger partial charge in [-0.25, -0.2) is 0 Å². The van der Waals surface area contributed by atoms with Crippen LogP contribution in [0.1, 0.15) is 29.7 Å². The van der Waals surface area contributed by atoms with Gasteiger partial charge in [0.2, 0.25) is 17.6 Å². The van der Waals surface area contributed by atoms with Crippen molar-refractivity contribution in [1.82, 2.24) is 19.9 Å². The SMILES string of the molecule is Cc1ccc(CNC(=O)C2CN(CCCCn3ccc(NC(=O)Cc4ccccc4)c(F)c3=O)N=N2)cn1. The van der Waals surface area contributed by atoms with E-state index in [-0.39, 0.29) is 18.0 Å². The van der Waals surface area contributed by atoms with Gasteiger partial charge in [-0.1, -0.05) is 41.6 Å². The van der Waals surface area contributed by atoms with Crippen LogP contribution in [0.15, 0.2) is 76.1 Å². The van der Waals surface area contributed by atoms with Crippen LogP contribution in [0.2, 0.25) is 0 Å². The molecule has 198 valence electrons. The zero-order chi connectivity index (χ0) is 26.9. The maximum absolute atomic E-state index is 14.6. The van der Waals surface area contributed by atoms with Gasteiger partial charge >= 0.3 is 0 Å². The van der Waals surface area contributed by atoms with Crippen LogP contribution in [-0.4, -0.2) is 45.5 Å². The molecule has 4 rings (SSSR count). The van der Waals surface area contributed by atoms with E-state index >= 15 is 0 Å². The van der Waals surface area contributed by atoms with E-state index in [1.54, 1.807) is 23.3 Å². The zero-order valence-electron chi connectivity index (χ0n) is 21.1. The molecule has 1 aliphatic heterocycles. The maximum atomic E-state index is 14.6. The van der Waals surface area contributed by atoms with Gasteiger partial charge in [0.25, 0.3) is 5.56 Å². The van der Waals surface area contributed by atoms with Gasteiger partial charge in [0.1, 0.15) is 0 Å². The lowest BCUT2D eigenvalue weighted by Crippen LogP contribution is -2.36. The van der Waals surface area contributed by atoms with Gasteiger partial charge in [-0.2, -0.15) is 9.50 Å². The van der Waals surface area contributed by atoms with Gasteiger partial charge in [0.15, 0.2) is 6.04 Å². The number of pyridine rings is 2. The molecular weight excluding hydrogens is 489 g/mol. The average Bonchev–Trinajstić information content (AvgIpc) is 3.39. The summed E-state index contributed by atoms with van der Waals surface area (Å²) in [4.78, 5) is 41.2. The summed E-state index contributed by atoms with van der Waals surface area (Å²) in [7, 11) is 0. The lowest BCUT2D eigenvalue weighted by Gasteiger charge is -2.14. The second-order valence-electron chi connectivity index (χ2n) is 9.12. The molecule has 1 aromatic carbocycles. The molecule has 0 spiro atoms. The number of aromatic nitrogens is 2. The van der Waals surface area contributed by atoms with E-state index in [1.807, 2.05) is 37.3 Å². The van der Waals surface area contributed by atoms with Crippen molar-refractivity contribution in [2.24, 2.45) is 10.3 Å². The summed E-state index contributed by atoms with van der Waals surface area (Å²) >= 11 is 0. The Labute approximate surface area is 219 Å². The minimum absolute atomic E-state index is 0.0872. The van der Waals surface area contributed by atoms with Crippen LogP contribution in [0.25, 0.3) is 0 Å². The van der Waals surface area contributed by atoms with E-state index in [0.717, 1.165) is 16.8 Å². The van der Waals surface area contributed by atoms with Crippen LogP contribution in [0, 0.1) is 12.7 Å². The van der Waals surface area contributed by atoms with E-state index in [9.17, 15) is 18.8 Å². The van der Waals surface area contributed by atoms with Crippen molar-refractivity contribution in [3.63, 3.8) is 0 Å². The standard InChI is InChI=1S/C27H30FN7O3/c1-19-9-10-21(16-29-19)17-30-26(37)23-18-35(33-32-23)13-6-5-12-34-14-11-22(25(28)27(34)38)31-24(36)15-20-7-3-2-4-8-20/h2-4,7-11,14,16,23H,5-6,12-13,15,17-18H2,1H3,(H,30,37)(H,31,36). The van der Waals surface area contributed by atoms with Gasteiger partial charge in [0.05, 0.1) is 18.7 Å². The average molecular weight is 520 g/mol. The lowest BCUT2D eigenvalue weighted by atomic mass is 10.1. The van der Waals surface area contributed by atoms with Crippen LogP contribution in [0.3, 0.4) is 0 Å². The topological polar surface area (TPSA) is 121 Å². The minimum Gasteiger partial charge on any atom is -0.350 e. The van der Waals surface area contributed by atoms with Crippen molar-refractivity contribution in [2.45, 2.75) is 45.3 Å². The summed E-state index contributed by atoms with van der Waals surface area (Å²) in [6, 6.07) is 13.7. The molecule has 0 fully saturated rings. The first kappa shape index (κ1) is 26.6. The summed E-state index contributed by atoms with van der Waals surface area (Å²) in [5.41, 5.74) is 1.69. The van der Waals surface area contributed by atoms with E-state index in [4.69, 9.17) is 0 Å². The minimum atomic E-state index is -0.988. The molecule has 3 aromatic rings. The number of unbranched alkanes of at least 4 members (excludes halogenated alkanes) is 1. The molecule has 1 unspecified atom stereocenters. The summed E-state index contributed by atoms with van der Waals surface area (Å²) in [5, 5.41) is 15.2. The Balaban J connectivity index is 1.17. The predicted octanol–water partition coefficient (Wildman–Crippen LogP) is 3.02. The van der Waals surface area contributed by atoms with Crippen molar-refractivity contribution in [2.75, 3.05) is 18.4 Å². The van der Waals surface area contributed by atoms with Crippen LogP contribution >= 0.6 is 0 Å². The van der Waals surface area contributed by atoms with Crippen molar-refractivity contribution >= 4 is 17.5 Å². The first-order valence-corrected chi connectivity index (χ1v) is 12.5. The second kappa shape index (κ2) is 12.7. The zero-order valence-corrected chi connectivity index (χ0v) is 21.1. The number of carbonyl (C=O) groups excluding carboxylic acids is 2. The Bertz CT molecular complexity index is 1340. The fourth-order valence-electron chi connectivity index (χ4n) is 3.96. The Morgan fingerprint density at radius 1 is 1.05 bits per heavy atom. The van der Waals surface area contributed by atoms with Gasteiger partial charge in [0, 0.05) is 37.7 Å². The van der Waals surface area contributed by atoms with Crippen LogP contribution in [0.4, 0.5) is 10.1 Å².